The van der Waals surface area contributed by atoms with Crippen LogP contribution in [0.25, 0.3) is 5.00 Å². The van der Waals surface area contributed by atoms with Crippen molar-refractivity contribution in [2.45, 2.75) is 26.7 Å². The van der Waals surface area contributed by atoms with Crippen molar-refractivity contribution < 1.29 is 19.1 Å². The maximum Gasteiger partial charge on any atom is 0.409 e. The zero-order valence-electron chi connectivity index (χ0n) is 19.4. The van der Waals surface area contributed by atoms with Gasteiger partial charge in [-0.25, -0.2) is 4.79 Å². The molecule has 35 heavy (non-hydrogen) atoms. The topological polar surface area (TPSA) is 109 Å². The highest BCUT2D eigenvalue weighted by Gasteiger charge is 2.25. The van der Waals surface area contributed by atoms with Gasteiger partial charge in [-0.2, -0.15) is 0 Å². The minimum Gasteiger partial charge on any atom is -0.496 e. The molecule has 10 heteroatoms. The van der Waals surface area contributed by atoms with Crippen molar-refractivity contribution in [1.82, 2.24) is 14.8 Å². The quantitative estimate of drug-likeness (QED) is 0.329. The van der Waals surface area contributed by atoms with Crippen molar-refractivity contribution in [3.63, 3.8) is 0 Å². The van der Waals surface area contributed by atoms with E-state index in [9.17, 15) is 9.59 Å². The van der Waals surface area contributed by atoms with Gasteiger partial charge in [0.25, 0.3) is 0 Å². The van der Waals surface area contributed by atoms with Crippen molar-refractivity contribution in [3.8, 4) is 16.5 Å². The molecule has 0 bridgehead atoms. The van der Waals surface area contributed by atoms with E-state index in [1.165, 1.54) is 18.4 Å². The van der Waals surface area contributed by atoms with E-state index in [-0.39, 0.29) is 18.0 Å². The van der Waals surface area contributed by atoms with Gasteiger partial charge in [0.1, 0.15) is 28.1 Å². The number of ether oxygens (including phenoxy) is 2. The van der Waals surface area contributed by atoms with Crippen molar-refractivity contribution in [3.05, 3.63) is 86.8 Å². The predicted molar refractivity (Wildman–Crippen MR) is 134 cm³/mol. The molecule has 0 aliphatic heterocycles. The molecule has 0 radical (unpaired) electrons. The molecule has 0 unspecified atom stereocenters. The number of aromatic nitrogens is 3. The first kappa shape index (κ1) is 24.4. The Morgan fingerprint density at radius 2 is 1.83 bits per heavy atom. The number of nitrogens with two attached hydrogens (primary N) is 1. The number of carbonyl (C=O) groups excluding carboxylic acids is 2. The summed E-state index contributed by atoms with van der Waals surface area (Å²) in [7, 11) is 1.52. The molecule has 0 saturated carbocycles. The van der Waals surface area contributed by atoms with E-state index < -0.39 is 6.09 Å². The zero-order chi connectivity index (χ0) is 25.1. The van der Waals surface area contributed by atoms with Crippen LogP contribution in [0.15, 0.2) is 48.5 Å². The van der Waals surface area contributed by atoms with Gasteiger partial charge in [-0.1, -0.05) is 36.7 Å². The van der Waals surface area contributed by atoms with E-state index in [0.29, 0.717) is 44.1 Å². The lowest BCUT2D eigenvalue weighted by molar-refractivity contribution is 0.103. The number of amides is 1. The summed E-state index contributed by atoms with van der Waals surface area (Å²) in [5.74, 6) is 1.72. The van der Waals surface area contributed by atoms with Gasteiger partial charge in [0.2, 0.25) is 0 Å². The number of ketones is 1. The van der Waals surface area contributed by atoms with E-state index in [2.05, 4.69) is 10.2 Å². The molecule has 1 amide bonds. The molecule has 2 aromatic carbocycles. The van der Waals surface area contributed by atoms with Crippen LogP contribution in [-0.2, 0) is 12.8 Å². The maximum absolute atomic E-state index is 13.5. The number of methoxy groups -OCH3 is 1. The fourth-order valence-corrected chi connectivity index (χ4v) is 5.16. The van der Waals surface area contributed by atoms with Crippen LogP contribution < -0.4 is 15.2 Å². The number of carbonyl (C=O) groups is 2. The number of halogens is 1. The number of benzene rings is 2. The number of thiophene rings is 1. The number of hydrogen-bond acceptors (Lipinski definition) is 7. The summed E-state index contributed by atoms with van der Waals surface area (Å²) < 4.78 is 12.5. The van der Waals surface area contributed by atoms with E-state index in [0.717, 1.165) is 11.3 Å². The number of hydrogen-bond donors (Lipinski definition) is 1. The number of primary amides is 1. The molecule has 180 valence electrons. The predicted octanol–water partition coefficient (Wildman–Crippen LogP) is 5.14. The summed E-state index contributed by atoms with van der Waals surface area (Å²) in [6, 6.07) is 13.9. The Morgan fingerprint density at radius 3 is 2.51 bits per heavy atom. The third kappa shape index (κ3) is 4.91. The zero-order valence-corrected chi connectivity index (χ0v) is 20.9. The fourth-order valence-electron chi connectivity index (χ4n) is 3.78. The Hall–Kier alpha value is -3.69. The van der Waals surface area contributed by atoms with Crippen LogP contribution in [0.1, 0.15) is 44.9 Å². The molecule has 0 aliphatic carbocycles. The van der Waals surface area contributed by atoms with Gasteiger partial charge in [0.05, 0.1) is 17.7 Å². The highest BCUT2D eigenvalue weighted by molar-refractivity contribution is 7.15. The second kappa shape index (κ2) is 10.3. The van der Waals surface area contributed by atoms with Crippen LogP contribution in [0.4, 0.5) is 4.79 Å². The Balaban J connectivity index is 1.84. The van der Waals surface area contributed by atoms with Crippen LogP contribution in [0.2, 0.25) is 5.02 Å². The van der Waals surface area contributed by atoms with Gasteiger partial charge < -0.3 is 15.2 Å². The summed E-state index contributed by atoms with van der Waals surface area (Å²) >= 11 is 7.83. The molecule has 0 atom stereocenters. The third-order valence-corrected chi connectivity index (χ3v) is 7.02. The first-order valence-electron chi connectivity index (χ1n) is 10.8. The smallest absolute Gasteiger partial charge is 0.409 e. The van der Waals surface area contributed by atoms with Gasteiger partial charge >= 0.3 is 6.09 Å². The summed E-state index contributed by atoms with van der Waals surface area (Å²) in [5, 5.41) is 9.71. The molecule has 4 aromatic rings. The van der Waals surface area contributed by atoms with E-state index in [4.69, 9.17) is 26.8 Å². The van der Waals surface area contributed by atoms with E-state index in [1.54, 1.807) is 42.5 Å². The lowest BCUT2D eigenvalue weighted by Crippen LogP contribution is -2.17. The SMILES string of the molecule is CCc1cc(C(=O)c2ccccc2Cl)c(-n2c(C)nnc2Cc2c(OC)cccc2OC(N)=O)s1. The Kier molecular flexibility index (Phi) is 7.18. The van der Waals surface area contributed by atoms with Crippen molar-refractivity contribution in [2.24, 2.45) is 5.73 Å². The van der Waals surface area contributed by atoms with Crippen LogP contribution in [0.5, 0.6) is 11.5 Å². The van der Waals surface area contributed by atoms with Crippen molar-refractivity contribution >= 4 is 34.8 Å². The second-order valence-corrected chi connectivity index (χ2v) is 9.15. The molecule has 0 fully saturated rings. The van der Waals surface area contributed by atoms with Crippen molar-refractivity contribution in [1.29, 1.82) is 0 Å². The highest BCUT2D eigenvalue weighted by Crippen LogP contribution is 2.35. The molecule has 8 nitrogen and oxygen atoms in total. The molecular weight excluding hydrogens is 488 g/mol. The van der Waals surface area contributed by atoms with E-state index >= 15 is 0 Å². The van der Waals surface area contributed by atoms with Crippen LogP contribution >= 0.6 is 22.9 Å². The van der Waals surface area contributed by atoms with Gasteiger partial charge in [-0.05, 0) is 43.7 Å². The molecular formula is C25H23ClN4O4S. The van der Waals surface area contributed by atoms with Gasteiger partial charge in [-0.3, -0.25) is 9.36 Å². The second-order valence-electron chi connectivity index (χ2n) is 7.63. The van der Waals surface area contributed by atoms with Gasteiger partial charge in [-0.15, -0.1) is 21.5 Å². The molecule has 2 aromatic heterocycles. The number of aryl methyl sites for hydroxylation is 2. The summed E-state index contributed by atoms with van der Waals surface area (Å²) in [5.41, 5.74) is 6.77. The summed E-state index contributed by atoms with van der Waals surface area (Å²) in [4.78, 5) is 26.0. The number of nitrogens with zero attached hydrogens (tertiary/aromatic N) is 3. The minimum absolute atomic E-state index is 0.185. The average Bonchev–Trinajstić information content (AvgIpc) is 3.42. The molecule has 4 rings (SSSR count). The van der Waals surface area contributed by atoms with Gasteiger partial charge in [0, 0.05) is 22.4 Å². The summed E-state index contributed by atoms with van der Waals surface area (Å²) in [6.07, 6.45) is 0.0372. The van der Waals surface area contributed by atoms with E-state index in [1.807, 2.05) is 24.5 Å². The minimum atomic E-state index is -0.935. The Labute approximate surface area is 211 Å². The normalized spacial score (nSPS) is 10.9. The van der Waals surface area contributed by atoms with Gasteiger partial charge in [0.15, 0.2) is 5.78 Å². The van der Waals surface area contributed by atoms with Crippen molar-refractivity contribution in [2.75, 3.05) is 7.11 Å². The number of rotatable bonds is 8. The Bertz CT molecular complexity index is 1410. The first-order valence-corrected chi connectivity index (χ1v) is 12.0. The standard InChI is InChI=1S/C25H23ClN4O4S/c1-4-15-12-18(23(31)16-8-5-6-9-19(16)26)24(35-15)30-14(2)28-29-22(30)13-17-20(33-3)10-7-11-21(17)34-25(27)32/h5-12H,4,13H2,1-3H3,(H2,27,32). The molecule has 0 aliphatic rings. The largest absolute Gasteiger partial charge is 0.496 e. The lowest BCUT2D eigenvalue weighted by Gasteiger charge is -2.14. The summed E-state index contributed by atoms with van der Waals surface area (Å²) in [6.45, 7) is 3.84. The molecule has 0 spiro atoms. The highest BCUT2D eigenvalue weighted by atomic mass is 35.5. The van der Waals surface area contributed by atoms with Crippen LogP contribution in [0, 0.1) is 6.92 Å². The Morgan fingerprint density at radius 1 is 1.09 bits per heavy atom. The first-order chi connectivity index (χ1) is 16.8. The fraction of sp³-hybridized carbons (Fsp3) is 0.200. The monoisotopic (exact) mass is 510 g/mol. The third-order valence-electron chi connectivity index (χ3n) is 5.43. The lowest BCUT2D eigenvalue weighted by atomic mass is 10.0. The maximum atomic E-state index is 13.5. The molecule has 2 N–H and O–H groups in total. The molecule has 0 saturated heterocycles. The van der Waals surface area contributed by atoms with Crippen LogP contribution in [-0.4, -0.2) is 33.8 Å². The molecule has 2 heterocycles. The average molecular weight is 511 g/mol. The van der Waals surface area contributed by atoms with Crippen LogP contribution in [0.3, 0.4) is 0 Å².